The summed E-state index contributed by atoms with van der Waals surface area (Å²) in [4.78, 5) is 0. The molecule has 0 spiro atoms. The first-order chi connectivity index (χ1) is 8.66. The predicted molar refractivity (Wildman–Crippen MR) is 32.2 cm³/mol. The van der Waals surface area contributed by atoms with Crippen molar-refractivity contribution in [2.45, 2.75) is 0 Å². The predicted octanol–water partition coefficient (Wildman–Crippen LogP) is -14.4. The first-order valence-electron chi connectivity index (χ1n) is 2.50. The van der Waals surface area contributed by atoms with Gasteiger partial charge in [-0.2, -0.15) is 0 Å². The van der Waals surface area contributed by atoms with Crippen molar-refractivity contribution < 1.29 is 87.3 Å². The van der Waals surface area contributed by atoms with E-state index in [0.717, 1.165) is 0 Å². The van der Waals surface area contributed by atoms with Crippen LogP contribution in [0.4, 0.5) is 0 Å². The van der Waals surface area contributed by atoms with Gasteiger partial charge in [0.25, 0.3) is 0 Å². The van der Waals surface area contributed by atoms with Gasteiger partial charge >= 0.3 is 152 Å². The molecule has 0 aromatic carbocycles. The van der Waals surface area contributed by atoms with Crippen LogP contribution in [0.5, 0.6) is 0 Å². The van der Waals surface area contributed by atoms with Crippen LogP contribution in [0.1, 0.15) is 0 Å². The van der Waals surface area contributed by atoms with Crippen molar-refractivity contribution in [3.05, 3.63) is 0 Å². The molecule has 0 aliphatic rings. The number of hydrogen-bond acceptors (Lipinski definition) is 15. The summed E-state index contributed by atoms with van der Waals surface area (Å²) in [6.07, 6.45) is 0. The quantitative estimate of drug-likeness (QED) is 0.204. The third-order valence-corrected chi connectivity index (χ3v) is 0. The molecule has 22 heavy (non-hydrogen) atoms. The minimum Gasteiger partial charge on any atom is 0 e. The second kappa shape index (κ2) is 39.7. The molecule has 140 valence electrons. The van der Waals surface area contributed by atoms with Gasteiger partial charge in [0.2, 0.25) is 0 Å². The molecule has 0 aromatic heterocycles. The zero-order valence-electron chi connectivity index (χ0n) is 9.06. The Kier molecular flexibility index (Phi) is 80.9. The first-order valence-corrected chi connectivity index (χ1v) is 16.8. The summed E-state index contributed by atoms with van der Waals surface area (Å²) in [6, 6.07) is 0. The molecule has 0 unspecified atom stereocenters. The van der Waals surface area contributed by atoms with Gasteiger partial charge in [-0.25, -0.2) is 0 Å². The van der Waals surface area contributed by atoms with E-state index in [4.69, 9.17) is 50.2 Å². The Bertz CT molecular complexity index is 211. The fourth-order valence-corrected chi connectivity index (χ4v) is 0. The average molecular weight is 980 g/mol. The van der Waals surface area contributed by atoms with Gasteiger partial charge in [-0.15, -0.1) is 0 Å². The first kappa shape index (κ1) is 44.8. The van der Waals surface area contributed by atoms with E-state index in [0.29, 0.717) is 0 Å². The Hall–Kier alpha value is 3.72. The molecule has 0 N–H and O–H groups in total. The van der Waals surface area contributed by atoms with Gasteiger partial charge in [-0.1, -0.05) is 0 Å². The van der Waals surface area contributed by atoms with Gasteiger partial charge in [-0.05, 0) is 0 Å². The molecule has 0 amide bonds. The van der Waals surface area contributed by atoms with Crippen molar-refractivity contribution in [1.29, 1.82) is 0 Å². The van der Waals surface area contributed by atoms with Gasteiger partial charge in [0, 0.05) is 37.1 Å². The third-order valence-electron chi connectivity index (χ3n) is 0. The van der Waals surface area contributed by atoms with E-state index in [1.54, 1.807) is 0 Å². The second-order valence-electron chi connectivity index (χ2n) is 1.02. The largest absolute Gasteiger partial charge is 0 e. The number of rotatable bonds is 0. The minimum atomic E-state index is -4.11. The molecule has 0 aliphatic heterocycles. The van der Waals surface area contributed by atoms with E-state index in [1.165, 1.54) is 0 Å². The van der Waals surface area contributed by atoms with Crippen LogP contribution in [-0.4, -0.2) is 102 Å². The van der Waals surface area contributed by atoms with Crippen LogP contribution >= 0.6 is 0 Å². The van der Waals surface area contributed by atoms with Gasteiger partial charge < -0.3 is 0 Å². The Morgan fingerprint density at radius 3 is 0.318 bits per heavy atom. The molecule has 0 saturated carbocycles. The molecule has 15 nitrogen and oxygen atoms in total. The Morgan fingerprint density at radius 1 is 0.318 bits per heavy atom. The smallest absolute Gasteiger partial charge is 0 e. The Morgan fingerprint density at radius 2 is 0.318 bits per heavy atom. The Balaban J connectivity index is -0.0000000250. The summed E-state index contributed by atoms with van der Waals surface area (Å²) in [5.74, 6) is 0. The van der Waals surface area contributed by atoms with Gasteiger partial charge in [0.1, 0.15) is 0 Å². The van der Waals surface area contributed by atoms with Crippen LogP contribution in [0.2, 0.25) is 0 Å². The van der Waals surface area contributed by atoms with Crippen molar-refractivity contribution >= 4 is 102 Å². The van der Waals surface area contributed by atoms with Crippen LogP contribution in [-0.2, 0) is 52.6 Å². The average Bonchev–Trinajstić information content (AvgIpc) is 1.94. The van der Waals surface area contributed by atoms with Crippen molar-refractivity contribution in [2.24, 2.45) is 0 Å². The van der Waals surface area contributed by atoms with Crippen LogP contribution in [0.3, 0.4) is 0 Å². The molecule has 0 aromatic rings. The monoisotopic (exact) mass is 991 g/mol. The molecule has 0 atom stereocenters. The second-order valence-corrected chi connectivity index (χ2v) is 6.85. The maximum atomic E-state index is 8.59. The van der Waals surface area contributed by atoms with Crippen LogP contribution in [0, 0.1) is 0 Å². The summed E-state index contributed by atoms with van der Waals surface area (Å²) in [5.41, 5.74) is 0. The topological polar surface area (TPSA) is 316 Å². The molecule has 0 saturated heterocycles. The van der Waals surface area contributed by atoms with E-state index in [1.807, 2.05) is 0 Å². The van der Waals surface area contributed by atoms with Gasteiger partial charge in [-0.3, -0.25) is 0 Å². The van der Waals surface area contributed by atoms with Crippen molar-refractivity contribution in [3.8, 4) is 0 Å². The molecule has 0 heterocycles. The SMILES string of the molecule is O=[Te]([O-])[O-].O=[Te]([O-])[O-].O=[Te]([O-])[O-].O=[Te]([O-])[O-].O=[Te]([O-])[O-].[V].[V]. The van der Waals surface area contributed by atoms with Crippen molar-refractivity contribution in [2.75, 3.05) is 0 Å². The molecule has 22 heteroatoms. The van der Waals surface area contributed by atoms with E-state index in [2.05, 4.69) is 0 Å². The minimum absolute atomic E-state index is 0. The normalized spacial score (nSPS) is 7.95. The molecule has 0 rings (SSSR count). The summed E-state index contributed by atoms with van der Waals surface area (Å²) in [5, 5.41) is 0. The molecule has 0 fully saturated rings. The maximum Gasteiger partial charge on any atom is 0 e. The zero-order chi connectivity index (χ0) is 17.9. The zero-order valence-corrected chi connectivity index (χ0v) is 23.5. The van der Waals surface area contributed by atoms with E-state index >= 15 is 0 Å². The summed E-state index contributed by atoms with van der Waals surface area (Å²) < 4.78 is 129. The van der Waals surface area contributed by atoms with Gasteiger partial charge in [0.05, 0.1) is 0 Å². The van der Waals surface area contributed by atoms with Gasteiger partial charge in [0.15, 0.2) is 0 Å². The van der Waals surface area contributed by atoms with Crippen LogP contribution in [0.25, 0.3) is 0 Å². The molecule has 0 bridgehead atoms. The Labute approximate surface area is 185 Å². The fourth-order valence-electron chi connectivity index (χ4n) is 0. The molecule has 0 aliphatic carbocycles. The molecular weight excluding hydrogens is 980 g/mol. The van der Waals surface area contributed by atoms with Crippen LogP contribution in [0.15, 0.2) is 0 Å². The summed E-state index contributed by atoms with van der Waals surface area (Å²) >= 11 is -20.5. The van der Waals surface area contributed by atoms with E-state index in [9.17, 15) is 0 Å². The molecule has 2 radical (unpaired) electrons. The van der Waals surface area contributed by atoms with E-state index in [-0.39, 0.29) is 37.1 Å². The van der Waals surface area contributed by atoms with Crippen molar-refractivity contribution in [3.63, 3.8) is 0 Å². The van der Waals surface area contributed by atoms with Crippen LogP contribution < -0.4 is 34.7 Å². The standard InChI is InChI=1S/5H2O3Te.2V/c5*1-4(2)3;;/h5*(H2,1,2,3);;/p-10. The fraction of sp³-hybridized carbons (Fsp3) is 0. The maximum absolute atomic E-state index is 8.59. The third kappa shape index (κ3) is 886. The molecular formula is O15Te5V2-10. The number of hydrogen-bond donors (Lipinski definition) is 0. The summed E-state index contributed by atoms with van der Waals surface area (Å²) in [6.45, 7) is 0. The van der Waals surface area contributed by atoms with E-state index < -0.39 is 102 Å². The van der Waals surface area contributed by atoms with Crippen molar-refractivity contribution in [1.82, 2.24) is 0 Å². The summed E-state index contributed by atoms with van der Waals surface area (Å²) in [7, 11) is 0.